The maximum Gasteiger partial charge on any atom is 0.0579 e. The van der Waals surface area contributed by atoms with Crippen molar-refractivity contribution < 1.29 is 5.11 Å². The van der Waals surface area contributed by atoms with Crippen molar-refractivity contribution in [2.45, 2.75) is 53.1 Å². The van der Waals surface area contributed by atoms with E-state index in [0.717, 1.165) is 19.3 Å². The average Bonchev–Trinajstić information content (AvgIpc) is 2.43. The molecule has 1 unspecified atom stereocenters. The van der Waals surface area contributed by atoms with Crippen molar-refractivity contribution >= 4 is 0 Å². The maximum atomic E-state index is 10.0. The first-order valence-corrected chi connectivity index (χ1v) is 5.47. The summed E-state index contributed by atoms with van der Waals surface area (Å²) in [5.74, 6) is 3.05. The summed E-state index contributed by atoms with van der Waals surface area (Å²) in [5, 5.41) is 10.0. The van der Waals surface area contributed by atoms with Crippen molar-refractivity contribution in [3.05, 3.63) is 0 Å². The second-order valence-corrected chi connectivity index (χ2v) is 5.58. The van der Waals surface area contributed by atoms with Crippen LogP contribution in [0.5, 0.6) is 0 Å². The Hall–Kier alpha value is -0.480. The quantitative estimate of drug-likeness (QED) is 0.539. The van der Waals surface area contributed by atoms with Gasteiger partial charge in [-0.2, -0.15) is 0 Å². The highest BCUT2D eigenvalue weighted by atomic mass is 16.3. The van der Waals surface area contributed by atoms with Gasteiger partial charge in [-0.15, -0.1) is 12.3 Å². The van der Waals surface area contributed by atoms with Crippen molar-refractivity contribution in [1.29, 1.82) is 0 Å². The highest BCUT2D eigenvalue weighted by molar-refractivity contribution is 5.14. The van der Waals surface area contributed by atoms with Crippen LogP contribution in [0.15, 0.2) is 0 Å². The molecule has 0 spiro atoms. The van der Waals surface area contributed by atoms with E-state index in [-0.39, 0.29) is 16.9 Å². The smallest absolute Gasteiger partial charge is 0.0579 e. The van der Waals surface area contributed by atoms with E-state index < -0.39 is 0 Å². The van der Waals surface area contributed by atoms with Crippen LogP contribution in [0.1, 0.15) is 47.0 Å². The van der Waals surface area contributed by atoms with Crippen molar-refractivity contribution in [3.8, 4) is 12.3 Å². The van der Waals surface area contributed by atoms with Gasteiger partial charge in [0.05, 0.1) is 6.10 Å². The largest absolute Gasteiger partial charge is 0.393 e. The molecule has 0 aromatic carbocycles. The Balaban J connectivity index is 2.42. The molecule has 1 nitrogen and oxygen atoms in total. The molecule has 0 heterocycles. The van der Waals surface area contributed by atoms with Crippen LogP contribution in [0.2, 0.25) is 0 Å². The first kappa shape index (κ1) is 11.6. The molecule has 0 aromatic heterocycles. The molecular formula is C13H22O. The highest BCUT2D eigenvalue weighted by Gasteiger charge is 2.66. The predicted molar refractivity (Wildman–Crippen MR) is 59.7 cm³/mol. The third-order valence-electron chi connectivity index (χ3n) is 4.34. The molecule has 0 aromatic rings. The van der Waals surface area contributed by atoms with E-state index in [0.29, 0.717) is 5.92 Å². The van der Waals surface area contributed by atoms with E-state index in [1.165, 1.54) is 0 Å². The maximum absolute atomic E-state index is 10.0. The fourth-order valence-corrected chi connectivity index (χ4v) is 2.79. The Morgan fingerprint density at radius 2 is 1.79 bits per heavy atom. The van der Waals surface area contributed by atoms with Gasteiger partial charge in [-0.3, -0.25) is 0 Å². The van der Waals surface area contributed by atoms with Crippen LogP contribution in [0, 0.1) is 29.1 Å². The molecule has 14 heavy (non-hydrogen) atoms. The Labute approximate surface area is 87.9 Å². The molecule has 0 aliphatic heterocycles. The summed E-state index contributed by atoms with van der Waals surface area (Å²) in [4.78, 5) is 0. The minimum absolute atomic E-state index is 0.173. The summed E-state index contributed by atoms with van der Waals surface area (Å²) >= 11 is 0. The van der Waals surface area contributed by atoms with Crippen LogP contribution in [0.4, 0.5) is 0 Å². The molecule has 1 heteroatoms. The lowest BCUT2D eigenvalue weighted by Crippen LogP contribution is -2.13. The Kier molecular flexibility index (Phi) is 2.97. The Morgan fingerprint density at radius 3 is 2.14 bits per heavy atom. The predicted octanol–water partition coefficient (Wildman–Crippen LogP) is 2.83. The summed E-state index contributed by atoms with van der Waals surface area (Å²) in [6.07, 6.45) is 7.58. The van der Waals surface area contributed by atoms with Crippen LogP contribution in [-0.2, 0) is 0 Å². The van der Waals surface area contributed by atoms with Gasteiger partial charge in [0.1, 0.15) is 0 Å². The minimum Gasteiger partial charge on any atom is -0.393 e. The first-order valence-electron chi connectivity index (χ1n) is 5.47. The van der Waals surface area contributed by atoms with E-state index >= 15 is 0 Å². The van der Waals surface area contributed by atoms with Crippen LogP contribution < -0.4 is 0 Å². The molecule has 1 fully saturated rings. The second kappa shape index (κ2) is 3.59. The number of hydrogen-bond acceptors (Lipinski definition) is 1. The summed E-state index contributed by atoms with van der Waals surface area (Å²) in [5.41, 5.74) is 0.561. The lowest BCUT2D eigenvalue weighted by molar-refractivity contribution is 0.118. The molecule has 1 rings (SSSR count). The standard InChI is InChI=1S/C13H22O/c1-6-7-8-9-10(14)11-12(2,3)13(11,4)5/h1,10-11,14H,7-9H2,2-5H3. The molecule has 80 valence electrons. The van der Waals surface area contributed by atoms with Crippen molar-refractivity contribution in [1.82, 2.24) is 0 Å². The van der Waals surface area contributed by atoms with Crippen LogP contribution in [-0.4, -0.2) is 11.2 Å². The summed E-state index contributed by atoms with van der Waals surface area (Å²) in [7, 11) is 0. The fourth-order valence-electron chi connectivity index (χ4n) is 2.79. The number of unbranched alkanes of at least 4 members (excludes halogenated alkanes) is 1. The summed E-state index contributed by atoms with van der Waals surface area (Å²) in [6.45, 7) is 8.95. The molecule has 0 amide bonds. The lowest BCUT2D eigenvalue weighted by atomic mass is 10.0. The van der Waals surface area contributed by atoms with Crippen molar-refractivity contribution in [3.63, 3.8) is 0 Å². The number of rotatable bonds is 4. The lowest BCUT2D eigenvalue weighted by Gasteiger charge is -2.11. The number of aliphatic hydroxyl groups is 1. The molecule has 0 radical (unpaired) electrons. The molecule has 1 atom stereocenters. The molecule has 1 saturated carbocycles. The van der Waals surface area contributed by atoms with Gasteiger partial charge in [-0.25, -0.2) is 0 Å². The molecule has 0 saturated heterocycles. The topological polar surface area (TPSA) is 20.2 Å². The summed E-state index contributed by atoms with van der Waals surface area (Å²) in [6, 6.07) is 0. The molecular weight excluding hydrogens is 172 g/mol. The van der Waals surface area contributed by atoms with Crippen molar-refractivity contribution in [2.75, 3.05) is 0 Å². The molecule has 1 aliphatic rings. The third-order valence-corrected chi connectivity index (χ3v) is 4.34. The number of hydrogen-bond donors (Lipinski definition) is 1. The van der Waals surface area contributed by atoms with E-state index in [1.807, 2.05) is 0 Å². The molecule has 1 aliphatic carbocycles. The SMILES string of the molecule is C#CCCCC(O)C1C(C)(C)C1(C)C. The Morgan fingerprint density at radius 1 is 1.29 bits per heavy atom. The van der Waals surface area contributed by atoms with Crippen molar-refractivity contribution in [2.24, 2.45) is 16.7 Å². The number of aliphatic hydroxyl groups excluding tert-OH is 1. The van der Waals surface area contributed by atoms with Crippen LogP contribution >= 0.6 is 0 Å². The monoisotopic (exact) mass is 194 g/mol. The average molecular weight is 194 g/mol. The van der Waals surface area contributed by atoms with E-state index in [2.05, 4.69) is 33.6 Å². The first-order chi connectivity index (χ1) is 6.35. The van der Waals surface area contributed by atoms with Gasteiger partial charge >= 0.3 is 0 Å². The highest BCUT2D eigenvalue weighted by Crippen LogP contribution is 2.70. The van der Waals surface area contributed by atoms with Gasteiger partial charge in [0.15, 0.2) is 0 Å². The van der Waals surface area contributed by atoms with Gasteiger partial charge in [0.2, 0.25) is 0 Å². The normalized spacial score (nSPS) is 25.4. The zero-order chi connectivity index (χ0) is 11.0. The fraction of sp³-hybridized carbons (Fsp3) is 0.846. The summed E-state index contributed by atoms with van der Waals surface area (Å²) < 4.78 is 0. The van der Waals surface area contributed by atoms with Gasteiger partial charge < -0.3 is 5.11 Å². The second-order valence-electron chi connectivity index (χ2n) is 5.58. The Bertz CT molecular complexity index is 230. The zero-order valence-electron chi connectivity index (χ0n) is 9.80. The zero-order valence-corrected chi connectivity index (χ0v) is 9.80. The van der Waals surface area contributed by atoms with Gasteiger partial charge in [0, 0.05) is 6.42 Å². The van der Waals surface area contributed by atoms with Gasteiger partial charge in [-0.05, 0) is 29.6 Å². The van der Waals surface area contributed by atoms with Crippen LogP contribution in [0.25, 0.3) is 0 Å². The number of terminal acetylenes is 1. The molecule has 1 N–H and O–H groups in total. The molecule has 0 bridgehead atoms. The minimum atomic E-state index is -0.173. The van der Waals surface area contributed by atoms with Gasteiger partial charge in [-0.1, -0.05) is 27.7 Å². The van der Waals surface area contributed by atoms with E-state index in [9.17, 15) is 5.11 Å². The third kappa shape index (κ3) is 1.68. The van der Waals surface area contributed by atoms with Gasteiger partial charge in [0.25, 0.3) is 0 Å². The van der Waals surface area contributed by atoms with E-state index in [1.54, 1.807) is 0 Å². The van der Waals surface area contributed by atoms with E-state index in [4.69, 9.17) is 6.42 Å². The van der Waals surface area contributed by atoms with Crippen LogP contribution in [0.3, 0.4) is 0 Å².